The molecule has 5 nitrogen and oxygen atoms in total. The average Bonchev–Trinajstić information content (AvgIpc) is 2.49. The van der Waals surface area contributed by atoms with Crippen molar-refractivity contribution < 1.29 is 9.50 Å². The summed E-state index contributed by atoms with van der Waals surface area (Å²) in [5, 5.41) is 21.0. The predicted molar refractivity (Wildman–Crippen MR) is 83.2 cm³/mol. The van der Waals surface area contributed by atoms with E-state index in [1.807, 2.05) is 11.0 Å². The largest absolute Gasteiger partial charge is 0.393 e. The third-order valence-electron chi connectivity index (χ3n) is 3.34. The highest BCUT2D eigenvalue weighted by Gasteiger charge is 2.21. The van der Waals surface area contributed by atoms with Crippen LogP contribution in [0.2, 0.25) is 0 Å². The van der Waals surface area contributed by atoms with Crippen molar-refractivity contribution in [2.24, 2.45) is 4.99 Å². The van der Waals surface area contributed by atoms with Crippen molar-refractivity contribution in [1.29, 1.82) is 5.26 Å². The Labute approximate surface area is 127 Å². The number of piperidine rings is 1. The lowest BCUT2D eigenvalue weighted by Gasteiger charge is -2.32. The molecule has 0 saturated carbocycles. The Balaban J connectivity index is 2.34. The van der Waals surface area contributed by atoms with Crippen molar-refractivity contribution in [3.63, 3.8) is 0 Å². The molecule has 2 rings (SSSR count). The number of hydrogen-bond acceptors (Lipinski definition) is 5. The molecule has 0 bridgehead atoms. The Kier molecular flexibility index (Phi) is 5.42. The molecule has 1 aromatic carbocycles. The topological polar surface area (TPSA) is 71.7 Å². The summed E-state index contributed by atoms with van der Waals surface area (Å²) in [7, 11) is 0. The van der Waals surface area contributed by atoms with E-state index in [0.29, 0.717) is 36.8 Å². The minimum Gasteiger partial charge on any atom is -0.393 e. The second-order valence-electron chi connectivity index (χ2n) is 4.68. The standard InChI is InChI=1S/C14H17FN4OS/c1-21-14(17-9-16)18-13-11(15)3-2-4-12(13)19-7-5-10(20)6-8-19/h2-4,10,20H,5-8H2,1H3,(H,17,18). The number of benzene rings is 1. The number of hydrogen-bond donors (Lipinski definition) is 2. The first-order chi connectivity index (χ1) is 10.2. The molecule has 1 fully saturated rings. The van der Waals surface area contributed by atoms with Crippen LogP contribution in [0, 0.1) is 17.3 Å². The summed E-state index contributed by atoms with van der Waals surface area (Å²) in [6, 6.07) is 4.81. The van der Waals surface area contributed by atoms with Crippen LogP contribution in [0.3, 0.4) is 0 Å². The smallest absolute Gasteiger partial charge is 0.183 e. The van der Waals surface area contributed by atoms with E-state index in [-0.39, 0.29) is 11.8 Å². The van der Waals surface area contributed by atoms with Gasteiger partial charge in [-0.05, 0) is 31.2 Å². The molecule has 1 saturated heterocycles. The van der Waals surface area contributed by atoms with Crippen LogP contribution >= 0.6 is 11.8 Å². The zero-order valence-electron chi connectivity index (χ0n) is 11.7. The third-order valence-corrected chi connectivity index (χ3v) is 3.92. The zero-order valence-corrected chi connectivity index (χ0v) is 12.5. The summed E-state index contributed by atoms with van der Waals surface area (Å²) < 4.78 is 14.1. The highest BCUT2D eigenvalue weighted by molar-refractivity contribution is 8.13. The first-order valence-electron chi connectivity index (χ1n) is 6.65. The Morgan fingerprint density at radius 1 is 1.52 bits per heavy atom. The van der Waals surface area contributed by atoms with Gasteiger partial charge in [0.1, 0.15) is 5.69 Å². The molecule has 7 heteroatoms. The highest BCUT2D eigenvalue weighted by atomic mass is 32.2. The molecule has 1 heterocycles. The molecule has 21 heavy (non-hydrogen) atoms. The molecule has 0 radical (unpaired) electrons. The lowest BCUT2D eigenvalue weighted by molar-refractivity contribution is 0.145. The monoisotopic (exact) mass is 308 g/mol. The Morgan fingerprint density at radius 3 is 2.86 bits per heavy atom. The predicted octanol–water partition coefficient (Wildman–Crippen LogP) is 2.21. The van der Waals surface area contributed by atoms with Crippen LogP contribution in [0.4, 0.5) is 15.8 Å². The Hall–Kier alpha value is -1.78. The van der Waals surface area contributed by atoms with E-state index in [0.717, 1.165) is 0 Å². The summed E-state index contributed by atoms with van der Waals surface area (Å²) in [5.41, 5.74) is 0.911. The third kappa shape index (κ3) is 3.86. The minimum absolute atomic E-state index is 0.223. The van der Waals surface area contributed by atoms with Crippen molar-refractivity contribution in [2.45, 2.75) is 18.9 Å². The maximum Gasteiger partial charge on any atom is 0.183 e. The number of aliphatic hydroxyl groups is 1. The molecular weight excluding hydrogens is 291 g/mol. The molecule has 0 aromatic heterocycles. The van der Waals surface area contributed by atoms with E-state index in [4.69, 9.17) is 5.26 Å². The minimum atomic E-state index is -0.426. The van der Waals surface area contributed by atoms with E-state index in [2.05, 4.69) is 10.3 Å². The van der Waals surface area contributed by atoms with Crippen LogP contribution < -0.4 is 10.2 Å². The van der Waals surface area contributed by atoms with Crippen LogP contribution in [0.1, 0.15) is 12.8 Å². The summed E-state index contributed by atoms with van der Waals surface area (Å²) >= 11 is 1.24. The second-order valence-corrected chi connectivity index (χ2v) is 5.48. The van der Waals surface area contributed by atoms with Crippen molar-refractivity contribution >= 4 is 28.3 Å². The van der Waals surface area contributed by atoms with Gasteiger partial charge in [-0.2, -0.15) is 5.26 Å². The van der Waals surface area contributed by atoms with Crippen LogP contribution in [0.15, 0.2) is 23.2 Å². The fraction of sp³-hybridized carbons (Fsp3) is 0.429. The van der Waals surface area contributed by atoms with Crippen LogP contribution in [-0.4, -0.2) is 35.7 Å². The number of aliphatic hydroxyl groups excluding tert-OH is 1. The molecule has 1 aliphatic heterocycles. The van der Waals surface area contributed by atoms with E-state index in [1.165, 1.54) is 17.8 Å². The van der Waals surface area contributed by atoms with Gasteiger partial charge in [0.25, 0.3) is 0 Å². The summed E-state index contributed by atoms with van der Waals surface area (Å²) in [5.74, 6) is -0.426. The average molecular weight is 308 g/mol. The molecule has 1 aliphatic rings. The quantitative estimate of drug-likeness (QED) is 0.379. The van der Waals surface area contributed by atoms with Gasteiger partial charge in [-0.3, -0.25) is 5.32 Å². The van der Waals surface area contributed by atoms with Gasteiger partial charge in [-0.15, -0.1) is 0 Å². The number of thioether (sulfide) groups is 1. The van der Waals surface area contributed by atoms with Crippen molar-refractivity contribution in [1.82, 2.24) is 5.32 Å². The number of nitrogens with zero attached hydrogens (tertiary/aromatic N) is 3. The Morgan fingerprint density at radius 2 is 2.24 bits per heavy atom. The summed E-state index contributed by atoms with van der Waals surface area (Å²) in [6.45, 7) is 1.32. The van der Waals surface area contributed by atoms with Gasteiger partial charge < -0.3 is 10.0 Å². The van der Waals surface area contributed by atoms with Crippen molar-refractivity contribution in [3.8, 4) is 6.19 Å². The fourth-order valence-corrected chi connectivity index (χ4v) is 2.58. The maximum atomic E-state index is 14.1. The number of para-hydroxylation sites is 1. The summed E-state index contributed by atoms with van der Waals surface area (Å²) in [4.78, 5) is 6.24. The van der Waals surface area contributed by atoms with Gasteiger partial charge in [0.15, 0.2) is 17.2 Å². The SMILES string of the molecule is CSC(=Nc1c(F)cccc1N1CCC(O)CC1)NC#N. The van der Waals surface area contributed by atoms with E-state index in [9.17, 15) is 9.50 Å². The van der Waals surface area contributed by atoms with Gasteiger partial charge in [-0.1, -0.05) is 17.8 Å². The molecular formula is C14H17FN4OS. The van der Waals surface area contributed by atoms with Crippen LogP contribution in [-0.2, 0) is 0 Å². The maximum absolute atomic E-state index is 14.1. The molecule has 0 spiro atoms. The molecule has 0 unspecified atom stereocenters. The first-order valence-corrected chi connectivity index (χ1v) is 7.87. The lowest BCUT2D eigenvalue weighted by Crippen LogP contribution is -2.35. The van der Waals surface area contributed by atoms with E-state index < -0.39 is 5.82 Å². The molecule has 0 atom stereocenters. The number of halogens is 1. The number of nitrogens with one attached hydrogen (secondary N) is 1. The molecule has 0 aliphatic carbocycles. The zero-order chi connectivity index (χ0) is 15.2. The van der Waals surface area contributed by atoms with Gasteiger partial charge in [-0.25, -0.2) is 9.38 Å². The number of amidine groups is 1. The molecule has 1 aromatic rings. The van der Waals surface area contributed by atoms with Crippen LogP contribution in [0.5, 0.6) is 0 Å². The number of aliphatic imine (C=N–C) groups is 1. The first kappa shape index (κ1) is 15.6. The normalized spacial score (nSPS) is 16.7. The molecule has 112 valence electrons. The van der Waals surface area contributed by atoms with Crippen molar-refractivity contribution in [2.75, 3.05) is 24.2 Å². The Bertz CT molecular complexity index is 565. The fourth-order valence-electron chi connectivity index (χ4n) is 2.25. The van der Waals surface area contributed by atoms with E-state index >= 15 is 0 Å². The molecule has 0 amide bonds. The van der Waals surface area contributed by atoms with Gasteiger partial charge in [0.2, 0.25) is 0 Å². The van der Waals surface area contributed by atoms with Gasteiger partial charge in [0, 0.05) is 13.1 Å². The van der Waals surface area contributed by atoms with E-state index in [1.54, 1.807) is 18.5 Å². The van der Waals surface area contributed by atoms with Gasteiger partial charge in [0.05, 0.1) is 11.8 Å². The summed E-state index contributed by atoms with van der Waals surface area (Å²) in [6.07, 6.45) is 4.59. The number of anilines is 1. The molecule has 2 N–H and O–H groups in total. The highest BCUT2D eigenvalue weighted by Crippen LogP contribution is 2.33. The number of rotatable bonds is 2. The van der Waals surface area contributed by atoms with Crippen LogP contribution in [0.25, 0.3) is 0 Å². The lowest BCUT2D eigenvalue weighted by atomic mass is 10.1. The number of nitriles is 1. The van der Waals surface area contributed by atoms with Crippen molar-refractivity contribution in [3.05, 3.63) is 24.0 Å². The van der Waals surface area contributed by atoms with Gasteiger partial charge >= 0.3 is 0 Å². The second kappa shape index (κ2) is 7.29.